The Morgan fingerprint density at radius 3 is 3.00 bits per heavy atom. The van der Waals surface area contributed by atoms with Crippen LogP contribution in [-0.2, 0) is 4.79 Å². The predicted molar refractivity (Wildman–Crippen MR) is 80.8 cm³/mol. The molecule has 0 aromatic carbocycles. The molecule has 1 N–H and O–H groups in total. The van der Waals surface area contributed by atoms with Gasteiger partial charge in [-0.15, -0.1) is 11.3 Å². The smallest absolute Gasteiger partial charge is 0.240 e. The highest BCUT2D eigenvalue weighted by atomic mass is 35.5. The molecule has 0 radical (unpaired) electrons. The lowest BCUT2D eigenvalue weighted by molar-refractivity contribution is -0.138. The second kappa shape index (κ2) is 6.73. The van der Waals surface area contributed by atoms with E-state index >= 15 is 0 Å². The van der Waals surface area contributed by atoms with E-state index in [2.05, 4.69) is 19.2 Å². The summed E-state index contributed by atoms with van der Waals surface area (Å²) in [5.74, 6) is 0.233. The van der Waals surface area contributed by atoms with Crippen LogP contribution >= 0.6 is 22.9 Å². The highest BCUT2D eigenvalue weighted by molar-refractivity contribution is 7.16. The van der Waals surface area contributed by atoms with Crippen molar-refractivity contribution in [1.29, 1.82) is 0 Å². The summed E-state index contributed by atoms with van der Waals surface area (Å²) >= 11 is 7.54. The molecule has 1 amide bonds. The molecule has 1 saturated heterocycles. The summed E-state index contributed by atoms with van der Waals surface area (Å²) in [6.07, 6.45) is 3.07. The lowest BCUT2D eigenvalue weighted by Gasteiger charge is -2.36. The van der Waals surface area contributed by atoms with E-state index in [-0.39, 0.29) is 18.0 Å². The fourth-order valence-electron chi connectivity index (χ4n) is 2.50. The fraction of sp³-hybridized carbons (Fsp3) is 0.643. The van der Waals surface area contributed by atoms with Gasteiger partial charge in [-0.05, 0) is 44.9 Å². The maximum atomic E-state index is 12.5. The van der Waals surface area contributed by atoms with E-state index in [9.17, 15) is 4.79 Å². The monoisotopic (exact) mass is 300 g/mol. The summed E-state index contributed by atoms with van der Waals surface area (Å²) in [6, 6.07) is 4.04. The maximum Gasteiger partial charge on any atom is 0.240 e. The molecule has 0 saturated carbocycles. The van der Waals surface area contributed by atoms with E-state index in [0.29, 0.717) is 0 Å². The lowest BCUT2D eigenvalue weighted by atomic mass is 10.0. The molecule has 2 atom stereocenters. The van der Waals surface area contributed by atoms with Crippen molar-refractivity contribution in [2.75, 3.05) is 13.1 Å². The number of thiophene rings is 1. The summed E-state index contributed by atoms with van der Waals surface area (Å²) in [6.45, 7) is 5.96. The Labute approximate surface area is 123 Å². The largest absolute Gasteiger partial charge is 0.334 e. The van der Waals surface area contributed by atoms with Crippen LogP contribution in [0, 0.1) is 0 Å². The standard InChI is InChI=1S/C14H21ClN2OS/c1-3-8-16-11-5-4-9-17(14(11)18)10(2)12-6-7-13(15)19-12/h6-7,10-11,16H,3-5,8-9H2,1-2H3. The van der Waals surface area contributed by atoms with Crippen LogP contribution in [-0.4, -0.2) is 29.9 Å². The number of rotatable bonds is 5. The van der Waals surface area contributed by atoms with Crippen molar-refractivity contribution in [1.82, 2.24) is 10.2 Å². The highest BCUT2D eigenvalue weighted by Crippen LogP contribution is 2.32. The summed E-state index contributed by atoms with van der Waals surface area (Å²) in [7, 11) is 0. The number of hydrogen-bond acceptors (Lipinski definition) is 3. The molecule has 1 aliphatic rings. The molecule has 106 valence electrons. The molecular weight excluding hydrogens is 280 g/mol. The third-order valence-corrected chi connectivity index (χ3v) is 4.99. The molecule has 2 rings (SSSR count). The average Bonchev–Trinajstić information content (AvgIpc) is 2.83. The van der Waals surface area contributed by atoms with E-state index in [4.69, 9.17) is 11.6 Å². The predicted octanol–water partition coefficient (Wildman–Crippen LogP) is 3.45. The first kappa shape index (κ1) is 14.8. The molecule has 0 spiro atoms. The summed E-state index contributed by atoms with van der Waals surface area (Å²) in [5.41, 5.74) is 0. The van der Waals surface area contributed by atoms with E-state index < -0.39 is 0 Å². The van der Waals surface area contributed by atoms with Crippen molar-refractivity contribution in [3.63, 3.8) is 0 Å². The summed E-state index contributed by atoms with van der Waals surface area (Å²) in [4.78, 5) is 15.6. The van der Waals surface area contributed by atoms with E-state index in [0.717, 1.165) is 41.6 Å². The topological polar surface area (TPSA) is 32.3 Å². The Kier molecular flexibility index (Phi) is 5.25. The molecule has 1 fully saturated rings. The molecule has 0 bridgehead atoms. The van der Waals surface area contributed by atoms with Crippen molar-refractivity contribution in [2.45, 2.75) is 45.2 Å². The van der Waals surface area contributed by atoms with Crippen molar-refractivity contribution in [3.05, 3.63) is 21.3 Å². The summed E-state index contributed by atoms with van der Waals surface area (Å²) in [5, 5.41) is 3.35. The van der Waals surface area contributed by atoms with Crippen molar-refractivity contribution in [3.8, 4) is 0 Å². The van der Waals surface area contributed by atoms with Crippen molar-refractivity contribution >= 4 is 28.8 Å². The minimum absolute atomic E-state index is 0.00779. The van der Waals surface area contributed by atoms with Crippen molar-refractivity contribution < 1.29 is 4.79 Å². The molecule has 3 nitrogen and oxygen atoms in total. The molecular formula is C14H21ClN2OS. The van der Waals surface area contributed by atoms with Gasteiger partial charge in [-0.25, -0.2) is 0 Å². The van der Waals surface area contributed by atoms with Gasteiger partial charge < -0.3 is 10.2 Å². The van der Waals surface area contributed by atoms with Crippen LogP contribution in [0.1, 0.15) is 44.0 Å². The molecule has 1 aromatic rings. The van der Waals surface area contributed by atoms with Crippen LogP contribution in [0.2, 0.25) is 4.34 Å². The molecule has 2 heterocycles. The number of halogens is 1. The first-order valence-corrected chi connectivity index (χ1v) is 8.12. The van der Waals surface area contributed by atoms with Gasteiger partial charge in [-0.2, -0.15) is 0 Å². The van der Waals surface area contributed by atoms with Gasteiger partial charge in [0, 0.05) is 11.4 Å². The SMILES string of the molecule is CCCNC1CCCN(C(C)c2ccc(Cl)s2)C1=O. The van der Waals surface area contributed by atoms with Gasteiger partial charge >= 0.3 is 0 Å². The average molecular weight is 301 g/mol. The summed E-state index contributed by atoms with van der Waals surface area (Å²) < 4.78 is 0.784. The molecule has 0 aliphatic carbocycles. The van der Waals surface area contributed by atoms with Crippen LogP contribution in [0.25, 0.3) is 0 Å². The number of piperidine rings is 1. The zero-order valence-corrected chi connectivity index (χ0v) is 13.1. The van der Waals surface area contributed by atoms with Gasteiger partial charge in [0.25, 0.3) is 0 Å². The number of nitrogens with zero attached hydrogens (tertiary/aromatic N) is 1. The number of amides is 1. The first-order valence-electron chi connectivity index (χ1n) is 6.92. The van der Waals surface area contributed by atoms with Gasteiger partial charge in [-0.3, -0.25) is 4.79 Å². The van der Waals surface area contributed by atoms with Crippen LogP contribution in [0.5, 0.6) is 0 Å². The minimum Gasteiger partial charge on any atom is -0.334 e. The Bertz CT molecular complexity index is 435. The number of nitrogens with one attached hydrogen (secondary N) is 1. The minimum atomic E-state index is -0.00779. The van der Waals surface area contributed by atoms with Crippen LogP contribution in [0.3, 0.4) is 0 Å². The van der Waals surface area contributed by atoms with Crippen molar-refractivity contribution in [2.24, 2.45) is 0 Å². The highest BCUT2D eigenvalue weighted by Gasteiger charge is 2.31. The van der Waals surface area contributed by atoms with E-state index in [1.807, 2.05) is 17.0 Å². The quantitative estimate of drug-likeness (QED) is 0.903. The third kappa shape index (κ3) is 3.50. The van der Waals surface area contributed by atoms with Gasteiger partial charge in [0.15, 0.2) is 0 Å². The molecule has 2 unspecified atom stereocenters. The van der Waals surface area contributed by atoms with Crippen LogP contribution in [0.15, 0.2) is 12.1 Å². The van der Waals surface area contributed by atoms with Gasteiger partial charge in [0.05, 0.1) is 16.4 Å². The van der Waals surface area contributed by atoms with Gasteiger partial charge in [-0.1, -0.05) is 18.5 Å². The van der Waals surface area contributed by atoms with Gasteiger partial charge in [0.2, 0.25) is 5.91 Å². The Balaban J connectivity index is 2.04. The molecule has 19 heavy (non-hydrogen) atoms. The Hall–Kier alpha value is -0.580. The van der Waals surface area contributed by atoms with E-state index in [1.165, 1.54) is 0 Å². The van der Waals surface area contributed by atoms with Crippen LogP contribution < -0.4 is 5.32 Å². The molecule has 5 heteroatoms. The molecule has 1 aromatic heterocycles. The van der Waals surface area contributed by atoms with Crippen LogP contribution in [0.4, 0.5) is 0 Å². The normalized spacial score (nSPS) is 21.7. The number of likely N-dealkylation sites (tertiary alicyclic amines) is 1. The fourth-order valence-corrected chi connectivity index (χ4v) is 3.62. The number of carbonyl (C=O) groups excluding carboxylic acids is 1. The number of hydrogen-bond donors (Lipinski definition) is 1. The zero-order chi connectivity index (χ0) is 13.8. The second-order valence-electron chi connectivity index (χ2n) is 5.00. The molecule has 1 aliphatic heterocycles. The Morgan fingerprint density at radius 2 is 2.37 bits per heavy atom. The Morgan fingerprint density at radius 1 is 1.58 bits per heavy atom. The van der Waals surface area contributed by atoms with Gasteiger partial charge in [0.1, 0.15) is 0 Å². The lowest BCUT2D eigenvalue weighted by Crippen LogP contribution is -2.51. The third-order valence-electron chi connectivity index (χ3n) is 3.59. The van der Waals surface area contributed by atoms with E-state index in [1.54, 1.807) is 11.3 Å². The second-order valence-corrected chi connectivity index (χ2v) is 6.75. The maximum absolute atomic E-state index is 12.5. The first-order chi connectivity index (χ1) is 9.13. The number of carbonyl (C=O) groups is 1. The zero-order valence-electron chi connectivity index (χ0n) is 11.5.